The van der Waals surface area contributed by atoms with E-state index in [1.54, 1.807) is 0 Å². The number of carboxylic acids is 1. The lowest BCUT2D eigenvalue weighted by Gasteiger charge is -2.25. The minimum absolute atomic E-state index is 0.172. The zero-order valence-corrected chi connectivity index (χ0v) is 51.7. The van der Waals surface area contributed by atoms with Crippen LogP contribution in [0.15, 0.2) is 0 Å². The molecule has 0 bridgehead atoms. The number of unbranched alkanes of at least 4 members (excludes halogenated alkanes) is 49. The van der Waals surface area contributed by atoms with E-state index in [9.17, 15) is 19.5 Å². The Balaban J connectivity index is 4.03. The van der Waals surface area contributed by atoms with E-state index in [4.69, 9.17) is 18.9 Å². The lowest BCUT2D eigenvalue weighted by atomic mass is 10.0. The summed E-state index contributed by atoms with van der Waals surface area (Å²) >= 11 is 0. The van der Waals surface area contributed by atoms with Crippen molar-refractivity contribution in [3.8, 4) is 0 Å². The Hall–Kier alpha value is -1.71. The van der Waals surface area contributed by atoms with E-state index < -0.39 is 18.4 Å². The third-order valence-corrected chi connectivity index (χ3v) is 15.6. The summed E-state index contributed by atoms with van der Waals surface area (Å²) in [6, 6.07) is 0. The third kappa shape index (κ3) is 59.9. The molecule has 0 radical (unpaired) electrons. The van der Waals surface area contributed by atoms with Gasteiger partial charge in [-0.25, -0.2) is 4.79 Å². The molecule has 0 heterocycles. The zero-order chi connectivity index (χ0) is 55.5. The van der Waals surface area contributed by atoms with E-state index in [-0.39, 0.29) is 38.2 Å². The minimum Gasteiger partial charge on any atom is -0.477 e. The number of carbonyl (C=O) groups is 3. The third-order valence-electron chi connectivity index (χ3n) is 15.6. The van der Waals surface area contributed by atoms with Gasteiger partial charge in [0.2, 0.25) is 0 Å². The van der Waals surface area contributed by atoms with Crippen molar-refractivity contribution in [3.05, 3.63) is 0 Å². The van der Waals surface area contributed by atoms with E-state index in [1.165, 1.54) is 289 Å². The van der Waals surface area contributed by atoms with Crippen LogP contribution >= 0.6 is 0 Å². The average Bonchev–Trinajstić information content (AvgIpc) is 3.39. The molecule has 0 fully saturated rings. The number of ether oxygens (including phenoxy) is 4. The maximum absolute atomic E-state index is 12.9. The van der Waals surface area contributed by atoms with Crippen molar-refractivity contribution in [1.82, 2.24) is 0 Å². The van der Waals surface area contributed by atoms with Crippen LogP contribution in [0, 0.1) is 0 Å². The second-order valence-electron chi connectivity index (χ2n) is 24.5. The first-order valence-corrected chi connectivity index (χ1v) is 33.7. The molecule has 2 unspecified atom stereocenters. The fourth-order valence-corrected chi connectivity index (χ4v) is 10.4. The average molecular weight is 1080 g/mol. The van der Waals surface area contributed by atoms with Gasteiger partial charge in [-0.2, -0.15) is 0 Å². The van der Waals surface area contributed by atoms with Crippen LogP contribution in [0.1, 0.15) is 354 Å². The standard InChI is InChI=1S/C67H131NO8/c1-6-8-10-12-14-16-18-20-22-24-26-27-28-29-30-31-32-33-34-35-36-37-38-40-42-44-46-48-50-52-54-56-58-65(70)76-63(62-75-67(66(71)72)73-60-59-68(3,4)5)61-74-64(69)57-55-53-51-49-47-45-43-41-39-25-23-21-19-17-15-13-11-9-7-2/h63,67H,6-62H2,1-5H3/p+1. The highest BCUT2D eigenvalue weighted by Crippen LogP contribution is 2.19. The first-order valence-electron chi connectivity index (χ1n) is 33.7. The van der Waals surface area contributed by atoms with Crippen LogP contribution in [0.3, 0.4) is 0 Å². The molecule has 0 aliphatic carbocycles. The molecule has 76 heavy (non-hydrogen) atoms. The molecule has 9 nitrogen and oxygen atoms in total. The number of hydrogen-bond donors (Lipinski definition) is 1. The molecule has 0 rings (SSSR count). The minimum atomic E-state index is -1.50. The smallest absolute Gasteiger partial charge is 0.361 e. The van der Waals surface area contributed by atoms with Crippen LogP contribution < -0.4 is 0 Å². The Bertz CT molecular complexity index is 1210. The quantitative estimate of drug-likeness (QED) is 0.0278. The van der Waals surface area contributed by atoms with E-state index in [2.05, 4.69) is 13.8 Å². The van der Waals surface area contributed by atoms with Gasteiger partial charge in [-0.15, -0.1) is 0 Å². The predicted molar refractivity (Wildman–Crippen MR) is 323 cm³/mol. The fourth-order valence-electron chi connectivity index (χ4n) is 10.4. The summed E-state index contributed by atoms with van der Waals surface area (Å²) in [6.45, 7) is 4.96. The summed E-state index contributed by atoms with van der Waals surface area (Å²) in [7, 11) is 5.99. The number of rotatable bonds is 64. The molecule has 0 aromatic rings. The van der Waals surface area contributed by atoms with Crippen LogP contribution in [0.4, 0.5) is 0 Å². The molecule has 2 atom stereocenters. The van der Waals surface area contributed by atoms with Crippen LogP contribution in [0.2, 0.25) is 0 Å². The maximum atomic E-state index is 12.9. The Morgan fingerprint density at radius 1 is 0.342 bits per heavy atom. The molecule has 452 valence electrons. The molecule has 0 saturated heterocycles. The van der Waals surface area contributed by atoms with Gasteiger partial charge >= 0.3 is 17.9 Å². The van der Waals surface area contributed by atoms with Crippen LogP contribution in [-0.2, 0) is 33.3 Å². The Morgan fingerprint density at radius 3 is 0.842 bits per heavy atom. The molecule has 9 heteroatoms. The number of esters is 2. The van der Waals surface area contributed by atoms with Gasteiger partial charge in [0.1, 0.15) is 13.2 Å². The molecule has 0 amide bonds. The zero-order valence-electron chi connectivity index (χ0n) is 51.7. The lowest BCUT2D eigenvalue weighted by Crippen LogP contribution is -2.40. The van der Waals surface area contributed by atoms with Gasteiger partial charge in [-0.3, -0.25) is 9.59 Å². The molecule has 0 aromatic heterocycles. The topological polar surface area (TPSA) is 108 Å². The van der Waals surface area contributed by atoms with Crippen molar-refractivity contribution >= 4 is 17.9 Å². The summed E-state index contributed by atoms with van der Waals surface area (Å²) in [5.41, 5.74) is 0. The summed E-state index contributed by atoms with van der Waals surface area (Å²) in [6.07, 6.45) is 66.5. The molecule has 1 N–H and O–H groups in total. The second kappa shape index (κ2) is 59.4. The van der Waals surface area contributed by atoms with Crippen molar-refractivity contribution in [2.24, 2.45) is 0 Å². The molecule has 0 aliphatic heterocycles. The highest BCUT2D eigenvalue weighted by Gasteiger charge is 2.25. The number of nitrogens with zero attached hydrogens (tertiary/aromatic N) is 1. The number of carbonyl (C=O) groups excluding carboxylic acids is 2. The van der Waals surface area contributed by atoms with Gasteiger partial charge in [0.05, 0.1) is 34.4 Å². The lowest BCUT2D eigenvalue weighted by molar-refractivity contribution is -0.870. The van der Waals surface area contributed by atoms with Gasteiger partial charge in [-0.1, -0.05) is 328 Å². The van der Waals surface area contributed by atoms with Gasteiger partial charge in [0.25, 0.3) is 6.29 Å². The largest absolute Gasteiger partial charge is 0.477 e. The van der Waals surface area contributed by atoms with E-state index in [1.807, 2.05) is 21.1 Å². The first kappa shape index (κ1) is 74.3. The Labute approximate surface area is 473 Å². The first-order chi connectivity index (χ1) is 37.1. The normalized spacial score (nSPS) is 12.6. The summed E-state index contributed by atoms with van der Waals surface area (Å²) in [5.74, 6) is -1.97. The van der Waals surface area contributed by atoms with Crippen molar-refractivity contribution < 1.29 is 42.9 Å². The van der Waals surface area contributed by atoms with Crippen molar-refractivity contribution in [3.63, 3.8) is 0 Å². The molecule has 0 spiro atoms. The number of hydrogen-bond acceptors (Lipinski definition) is 7. The Kier molecular flexibility index (Phi) is 58.1. The van der Waals surface area contributed by atoms with Crippen molar-refractivity contribution in [2.75, 3.05) is 47.5 Å². The van der Waals surface area contributed by atoms with Gasteiger partial charge < -0.3 is 28.5 Å². The second-order valence-corrected chi connectivity index (χ2v) is 24.5. The van der Waals surface area contributed by atoms with E-state index in [0.29, 0.717) is 17.4 Å². The maximum Gasteiger partial charge on any atom is 0.361 e. The summed E-state index contributed by atoms with van der Waals surface area (Å²) < 4.78 is 23.0. The highest BCUT2D eigenvalue weighted by molar-refractivity contribution is 5.71. The van der Waals surface area contributed by atoms with Crippen molar-refractivity contribution in [2.45, 2.75) is 367 Å². The van der Waals surface area contributed by atoms with Crippen molar-refractivity contribution in [1.29, 1.82) is 0 Å². The van der Waals surface area contributed by atoms with Crippen LogP contribution in [-0.4, -0.2) is 87.4 Å². The SMILES string of the molecule is CCCCCCCCCCCCCCCCCCCCCCCCCCCCCCCCCCC(=O)OC(COC(=O)CCCCCCCCCCCCCCCCCCCCC)COC(OCC[N+](C)(C)C)C(=O)O. The number of quaternary nitrogens is 1. The predicted octanol–water partition coefficient (Wildman–Crippen LogP) is 20.3. The van der Waals surface area contributed by atoms with E-state index >= 15 is 0 Å². The number of aliphatic carboxylic acids is 1. The van der Waals surface area contributed by atoms with Crippen LogP contribution in [0.5, 0.6) is 0 Å². The monoisotopic (exact) mass is 1080 g/mol. The molecule has 0 aliphatic rings. The van der Waals surface area contributed by atoms with Gasteiger partial charge in [0.15, 0.2) is 6.10 Å². The fraction of sp³-hybridized carbons (Fsp3) is 0.955. The van der Waals surface area contributed by atoms with Crippen LogP contribution in [0.25, 0.3) is 0 Å². The molecular weight excluding hydrogens is 947 g/mol. The number of carboxylic acid groups (broad SMARTS) is 1. The highest BCUT2D eigenvalue weighted by atomic mass is 16.7. The molecule has 0 aromatic carbocycles. The Morgan fingerprint density at radius 2 is 0.592 bits per heavy atom. The summed E-state index contributed by atoms with van der Waals surface area (Å²) in [4.78, 5) is 37.5. The molecular formula is C67H132NO8+. The van der Waals surface area contributed by atoms with Gasteiger partial charge in [0, 0.05) is 12.8 Å². The van der Waals surface area contributed by atoms with E-state index in [0.717, 1.165) is 38.5 Å². The van der Waals surface area contributed by atoms with Gasteiger partial charge in [-0.05, 0) is 12.8 Å². The molecule has 0 saturated carbocycles. The number of likely N-dealkylation sites (N-methyl/N-ethyl adjacent to an activating group) is 1. The summed E-state index contributed by atoms with van der Waals surface area (Å²) in [5, 5.41) is 9.73.